The lowest BCUT2D eigenvalue weighted by molar-refractivity contribution is -0.385. The molecule has 0 amide bonds. The Balaban J connectivity index is 1.80. The van der Waals surface area contributed by atoms with Crippen LogP contribution in [0.5, 0.6) is 0 Å². The van der Waals surface area contributed by atoms with Crippen LogP contribution in [0.3, 0.4) is 0 Å². The van der Waals surface area contributed by atoms with Gasteiger partial charge < -0.3 is 10.2 Å². The summed E-state index contributed by atoms with van der Waals surface area (Å²) in [6, 6.07) is 2.16. The molecule has 1 aromatic heterocycles. The first-order valence-corrected chi connectivity index (χ1v) is 7.22. The lowest BCUT2D eigenvalue weighted by atomic mass is 9.93. The van der Waals surface area contributed by atoms with Crippen LogP contribution in [0, 0.1) is 16.0 Å². The third-order valence-electron chi connectivity index (χ3n) is 3.97. The molecular formula is C12H15BrN4O2. The van der Waals surface area contributed by atoms with E-state index in [-0.39, 0.29) is 5.69 Å². The summed E-state index contributed by atoms with van der Waals surface area (Å²) in [5, 5.41) is 14.2. The summed E-state index contributed by atoms with van der Waals surface area (Å²) in [7, 11) is 0. The van der Waals surface area contributed by atoms with Crippen molar-refractivity contribution in [1.82, 2.24) is 10.3 Å². The van der Waals surface area contributed by atoms with Crippen molar-refractivity contribution in [1.29, 1.82) is 0 Å². The van der Waals surface area contributed by atoms with E-state index < -0.39 is 4.92 Å². The Kier molecular flexibility index (Phi) is 3.40. The summed E-state index contributed by atoms with van der Waals surface area (Å²) >= 11 is 3.40. The number of hydrogen-bond acceptors (Lipinski definition) is 5. The predicted octanol–water partition coefficient (Wildman–Crippen LogP) is 1.94. The Morgan fingerprint density at radius 1 is 1.53 bits per heavy atom. The minimum atomic E-state index is -0.422. The van der Waals surface area contributed by atoms with Gasteiger partial charge in [-0.25, -0.2) is 4.98 Å². The molecule has 2 fully saturated rings. The van der Waals surface area contributed by atoms with Gasteiger partial charge in [0.25, 0.3) is 5.69 Å². The quantitative estimate of drug-likeness (QED) is 0.664. The van der Waals surface area contributed by atoms with E-state index in [0.717, 1.165) is 31.9 Å². The highest BCUT2D eigenvalue weighted by molar-refractivity contribution is 9.10. The Morgan fingerprint density at radius 3 is 3.11 bits per heavy atom. The number of halogens is 1. The first-order valence-electron chi connectivity index (χ1n) is 6.43. The van der Waals surface area contributed by atoms with Crippen LogP contribution < -0.4 is 10.2 Å². The summed E-state index contributed by atoms with van der Waals surface area (Å²) in [6.45, 7) is 3.01. The SMILES string of the molecule is O=[N+]([O-])c1cnc(N2CCC3NCCC3C2)c(Br)c1. The standard InChI is InChI=1S/C12H15BrN4O2/c13-10-5-9(17(18)19)6-15-12(10)16-4-2-11-8(7-16)1-3-14-11/h5-6,8,11,14H,1-4,7H2. The van der Waals surface area contributed by atoms with Gasteiger partial charge in [-0.1, -0.05) is 0 Å². The van der Waals surface area contributed by atoms with E-state index in [0.29, 0.717) is 16.4 Å². The van der Waals surface area contributed by atoms with E-state index >= 15 is 0 Å². The van der Waals surface area contributed by atoms with E-state index in [1.807, 2.05) is 0 Å². The maximum absolute atomic E-state index is 10.7. The maximum atomic E-state index is 10.7. The number of nitrogens with zero attached hydrogens (tertiary/aromatic N) is 3. The molecule has 2 aliphatic heterocycles. The van der Waals surface area contributed by atoms with Crippen molar-refractivity contribution in [3.05, 3.63) is 26.9 Å². The topological polar surface area (TPSA) is 71.3 Å². The van der Waals surface area contributed by atoms with Gasteiger partial charge in [-0.15, -0.1) is 0 Å². The molecular weight excluding hydrogens is 312 g/mol. The molecule has 0 aromatic carbocycles. The number of nitro groups is 1. The first kappa shape index (κ1) is 12.8. The minimum absolute atomic E-state index is 0.0213. The molecule has 6 nitrogen and oxygen atoms in total. The second kappa shape index (κ2) is 5.05. The van der Waals surface area contributed by atoms with Crippen molar-refractivity contribution in [3.63, 3.8) is 0 Å². The van der Waals surface area contributed by atoms with Crippen molar-refractivity contribution < 1.29 is 4.92 Å². The smallest absolute Gasteiger partial charge is 0.288 e. The van der Waals surface area contributed by atoms with Crippen LogP contribution in [0.25, 0.3) is 0 Å². The van der Waals surface area contributed by atoms with Crippen molar-refractivity contribution in [2.24, 2.45) is 5.92 Å². The highest BCUT2D eigenvalue weighted by Gasteiger charge is 2.33. The molecule has 102 valence electrons. The fraction of sp³-hybridized carbons (Fsp3) is 0.583. The second-order valence-electron chi connectivity index (χ2n) is 5.10. The first-order chi connectivity index (χ1) is 9.15. The van der Waals surface area contributed by atoms with Gasteiger partial charge in [0.15, 0.2) is 0 Å². The average molecular weight is 327 g/mol. The van der Waals surface area contributed by atoms with Gasteiger partial charge in [0.1, 0.15) is 12.0 Å². The van der Waals surface area contributed by atoms with Crippen molar-refractivity contribution in [2.45, 2.75) is 18.9 Å². The summed E-state index contributed by atoms with van der Waals surface area (Å²) in [5.74, 6) is 1.48. The molecule has 2 unspecified atom stereocenters. The third kappa shape index (κ3) is 2.44. The zero-order valence-electron chi connectivity index (χ0n) is 10.4. The number of anilines is 1. The lowest BCUT2D eigenvalue weighted by Crippen LogP contribution is -2.44. The van der Waals surface area contributed by atoms with E-state index in [9.17, 15) is 10.1 Å². The number of nitrogens with one attached hydrogen (secondary N) is 1. The Labute approximate surface area is 119 Å². The monoisotopic (exact) mass is 326 g/mol. The van der Waals surface area contributed by atoms with E-state index in [2.05, 4.69) is 31.1 Å². The molecule has 0 bridgehead atoms. The van der Waals surface area contributed by atoms with Crippen LogP contribution in [-0.2, 0) is 0 Å². The van der Waals surface area contributed by atoms with Crippen LogP contribution in [0.15, 0.2) is 16.7 Å². The van der Waals surface area contributed by atoms with Gasteiger partial charge in [-0.3, -0.25) is 10.1 Å². The zero-order valence-corrected chi connectivity index (χ0v) is 12.0. The fourth-order valence-electron chi connectivity index (χ4n) is 2.99. The van der Waals surface area contributed by atoms with Gasteiger partial charge in [0, 0.05) is 25.2 Å². The summed E-state index contributed by atoms with van der Waals surface area (Å²) in [6.07, 6.45) is 3.64. The summed E-state index contributed by atoms with van der Waals surface area (Å²) in [4.78, 5) is 16.8. The van der Waals surface area contributed by atoms with Crippen LogP contribution in [0.2, 0.25) is 0 Å². The highest BCUT2D eigenvalue weighted by atomic mass is 79.9. The van der Waals surface area contributed by atoms with Gasteiger partial charge in [0.2, 0.25) is 0 Å². The number of hydrogen-bond donors (Lipinski definition) is 1. The molecule has 0 radical (unpaired) electrons. The third-order valence-corrected chi connectivity index (χ3v) is 4.56. The second-order valence-corrected chi connectivity index (χ2v) is 5.95. The van der Waals surface area contributed by atoms with Crippen LogP contribution in [0.1, 0.15) is 12.8 Å². The molecule has 7 heteroatoms. The number of aromatic nitrogens is 1. The Bertz CT molecular complexity index is 511. The largest absolute Gasteiger partial charge is 0.355 e. The van der Waals surface area contributed by atoms with Crippen LogP contribution >= 0.6 is 15.9 Å². The number of pyridine rings is 1. The van der Waals surface area contributed by atoms with E-state index in [1.165, 1.54) is 18.7 Å². The number of piperidine rings is 1. The number of rotatable bonds is 2. The molecule has 0 aliphatic carbocycles. The molecule has 2 aliphatic rings. The highest BCUT2D eigenvalue weighted by Crippen LogP contribution is 2.32. The molecule has 0 saturated carbocycles. The molecule has 19 heavy (non-hydrogen) atoms. The maximum Gasteiger partial charge on any atom is 0.288 e. The molecule has 0 spiro atoms. The molecule has 3 rings (SSSR count). The van der Waals surface area contributed by atoms with E-state index in [1.54, 1.807) is 0 Å². The zero-order chi connectivity index (χ0) is 13.4. The Hall–Kier alpha value is -1.21. The number of fused-ring (bicyclic) bond motifs is 1. The van der Waals surface area contributed by atoms with Gasteiger partial charge in [-0.2, -0.15) is 0 Å². The van der Waals surface area contributed by atoms with Crippen LogP contribution in [0.4, 0.5) is 11.5 Å². The molecule has 2 saturated heterocycles. The Morgan fingerprint density at radius 2 is 2.37 bits per heavy atom. The average Bonchev–Trinajstić information content (AvgIpc) is 2.85. The van der Waals surface area contributed by atoms with Crippen LogP contribution in [-0.4, -0.2) is 35.6 Å². The van der Waals surface area contributed by atoms with Crippen molar-refractivity contribution in [3.8, 4) is 0 Å². The summed E-state index contributed by atoms with van der Waals surface area (Å²) in [5.41, 5.74) is 0.0213. The molecule has 1 aromatic rings. The molecule has 1 N–H and O–H groups in total. The van der Waals surface area contributed by atoms with Crippen molar-refractivity contribution >= 4 is 27.4 Å². The lowest BCUT2D eigenvalue weighted by Gasteiger charge is -2.35. The van der Waals surface area contributed by atoms with E-state index in [4.69, 9.17) is 0 Å². The predicted molar refractivity (Wildman–Crippen MR) is 75.3 cm³/mol. The molecule has 2 atom stereocenters. The molecule has 3 heterocycles. The van der Waals surface area contributed by atoms with Gasteiger partial charge in [0.05, 0.1) is 9.40 Å². The minimum Gasteiger partial charge on any atom is -0.355 e. The summed E-state index contributed by atoms with van der Waals surface area (Å²) < 4.78 is 0.700. The normalized spacial score (nSPS) is 26.3. The fourth-order valence-corrected chi connectivity index (χ4v) is 3.58. The van der Waals surface area contributed by atoms with Crippen molar-refractivity contribution in [2.75, 3.05) is 24.5 Å². The van der Waals surface area contributed by atoms with Gasteiger partial charge in [-0.05, 0) is 41.2 Å². The van der Waals surface area contributed by atoms with Gasteiger partial charge >= 0.3 is 0 Å².